The van der Waals surface area contributed by atoms with Crippen molar-refractivity contribution in [2.75, 3.05) is 18.1 Å². The molecule has 0 saturated heterocycles. The van der Waals surface area contributed by atoms with Gasteiger partial charge < -0.3 is 19.0 Å². The highest BCUT2D eigenvalue weighted by Gasteiger charge is 2.64. The Bertz CT molecular complexity index is 1670. The Morgan fingerprint density at radius 3 is 2.49 bits per heavy atom. The molecule has 1 unspecified atom stereocenters. The lowest BCUT2D eigenvalue weighted by atomic mass is 9.84. The summed E-state index contributed by atoms with van der Waals surface area (Å²) < 4.78 is 25.9. The average Bonchev–Trinajstić information content (AvgIpc) is 3.32. The van der Waals surface area contributed by atoms with Gasteiger partial charge in [0.1, 0.15) is 11.4 Å². The van der Waals surface area contributed by atoms with Crippen LogP contribution in [0.2, 0.25) is 0 Å². The van der Waals surface area contributed by atoms with Gasteiger partial charge in [-0.05, 0) is 50.1 Å². The number of rotatable bonds is 7. The van der Waals surface area contributed by atoms with Crippen LogP contribution in [0, 0.1) is 5.82 Å². The molecule has 0 fully saturated rings. The van der Waals surface area contributed by atoms with E-state index < -0.39 is 28.6 Å². The fraction of sp³-hybridized carbons (Fsp3) is 0.258. The van der Waals surface area contributed by atoms with E-state index in [0.717, 1.165) is 11.6 Å². The zero-order chi connectivity index (χ0) is 27.3. The van der Waals surface area contributed by atoms with Crippen LogP contribution in [0.5, 0.6) is 0 Å². The summed E-state index contributed by atoms with van der Waals surface area (Å²) in [4.78, 5) is 45.7. The van der Waals surface area contributed by atoms with Gasteiger partial charge in [-0.3, -0.25) is 14.4 Å². The van der Waals surface area contributed by atoms with E-state index in [9.17, 15) is 18.8 Å². The van der Waals surface area contributed by atoms with Crippen LogP contribution in [0.4, 0.5) is 10.1 Å². The molecule has 0 N–H and O–H groups in total. The molecule has 1 spiro atoms. The molecule has 0 aliphatic carbocycles. The van der Waals surface area contributed by atoms with Crippen molar-refractivity contribution in [3.8, 4) is 0 Å². The number of benzene rings is 3. The number of amides is 2. The van der Waals surface area contributed by atoms with E-state index >= 15 is 0 Å². The molecule has 8 heteroatoms. The highest BCUT2D eigenvalue weighted by molar-refractivity contribution is 6.17. The number of para-hydroxylation sites is 1. The number of hydrogen-bond acceptors (Lipinski definition) is 5. The number of carbonyl (C=O) groups is 2. The van der Waals surface area contributed by atoms with E-state index in [0.29, 0.717) is 24.3 Å². The number of halogens is 1. The lowest BCUT2D eigenvalue weighted by Crippen LogP contribution is -2.53. The largest absolute Gasteiger partial charge is 0.450 e. The standard InChI is InChI=1S/C31H27FN2O5/c1-19(2)38-16-8-15-34-29(36)28-26(27(35)22-17-21(32)13-14-25(22)39-28)31(34)23-11-6-7-12-24(23)33(30(31)37)18-20-9-4-3-5-10-20/h3-7,9-14,17,19H,8,15-16,18H2,1-2H3. The molecule has 7 nitrogen and oxygen atoms in total. The zero-order valence-corrected chi connectivity index (χ0v) is 21.6. The fourth-order valence-electron chi connectivity index (χ4n) is 5.73. The fourth-order valence-corrected chi connectivity index (χ4v) is 5.73. The van der Waals surface area contributed by atoms with Gasteiger partial charge in [0.15, 0.2) is 11.0 Å². The molecule has 39 heavy (non-hydrogen) atoms. The van der Waals surface area contributed by atoms with Crippen molar-refractivity contribution in [2.45, 2.75) is 38.5 Å². The van der Waals surface area contributed by atoms with Gasteiger partial charge in [0, 0.05) is 18.7 Å². The maximum absolute atomic E-state index is 14.7. The maximum Gasteiger partial charge on any atom is 0.291 e. The van der Waals surface area contributed by atoms with Gasteiger partial charge in [-0.25, -0.2) is 4.39 Å². The van der Waals surface area contributed by atoms with Gasteiger partial charge in [-0.1, -0.05) is 48.5 Å². The van der Waals surface area contributed by atoms with Crippen molar-refractivity contribution in [1.29, 1.82) is 0 Å². The van der Waals surface area contributed by atoms with Gasteiger partial charge in [0.25, 0.3) is 11.8 Å². The second-order valence-electron chi connectivity index (χ2n) is 10.1. The summed E-state index contributed by atoms with van der Waals surface area (Å²) in [6.45, 7) is 4.61. The predicted molar refractivity (Wildman–Crippen MR) is 144 cm³/mol. The summed E-state index contributed by atoms with van der Waals surface area (Å²) >= 11 is 0. The number of hydrogen-bond donors (Lipinski definition) is 0. The Morgan fingerprint density at radius 1 is 0.974 bits per heavy atom. The van der Waals surface area contributed by atoms with Crippen LogP contribution in [0.15, 0.2) is 82.0 Å². The van der Waals surface area contributed by atoms with Crippen molar-refractivity contribution >= 4 is 28.5 Å². The third-order valence-corrected chi connectivity index (χ3v) is 7.36. The number of fused-ring (bicyclic) bond motifs is 5. The van der Waals surface area contributed by atoms with E-state index in [1.807, 2.05) is 56.3 Å². The normalized spacial score (nSPS) is 18.1. The van der Waals surface area contributed by atoms with Gasteiger partial charge >= 0.3 is 0 Å². The number of anilines is 1. The molecule has 1 atom stereocenters. The number of nitrogens with zero attached hydrogens (tertiary/aromatic N) is 2. The SMILES string of the molecule is CC(C)OCCCN1C(=O)c2oc3ccc(F)cc3c(=O)c2C12C(=O)N(Cc1ccccc1)c1ccccc12. The minimum atomic E-state index is -1.74. The summed E-state index contributed by atoms with van der Waals surface area (Å²) in [7, 11) is 0. The summed E-state index contributed by atoms with van der Waals surface area (Å²) in [5.74, 6) is -1.77. The molecule has 2 amide bonds. The van der Waals surface area contributed by atoms with Crippen LogP contribution in [0.25, 0.3) is 11.0 Å². The molecule has 4 aromatic rings. The second-order valence-corrected chi connectivity index (χ2v) is 10.1. The number of ether oxygens (including phenoxy) is 1. The van der Waals surface area contributed by atoms with E-state index in [2.05, 4.69) is 0 Å². The monoisotopic (exact) mass is 526 g/mol. The minimum Gasteiger partial charge on any atom is -0.450 e. The van der Waals surface area contributed by atoms with Crippen LogP contribution in [0.3, 0.4) is 0 Å². The Kier molecular flexibility index (Phi) is 6.07. The summed E-state index contributed by atoms with van der Waals surface area (Å²) in [5.41, 5.74) is -0.287. The van der Waals surface area contributed by atoms with Crippen molar-refractivity contribution < 1.29 is 23.1 Å². The van der Waals surface area contributed by atoms with Gasteiger partial charge in [0.05, 0.1) is 29.3 Å². The van der Waals surface area contributed by atoms with Crippen LogP contribution in [-0.4, -0.2) is 36.0 Å². The first-order chi connectivity index (χ1) is 18.8. The second kappa shape index (κ2) is 9.47. The molecule has 0 bridgehead atoms. The van der Waals surface area contributed by atoms with E-state index in [4.69, 9.17) is 9.15 Å². The molecule has 2 aliphatic rings. The summed E-state index contributed by atoms with van der Waals surface area (Å²) in [5, 5.41) is -0.0160. The van der Waals surface area contributed by atoms with Gasteiger partial charge in [0.2, 0.25) is 5.76 Å². The van der Waals surface area contributed by atoms with Crippen LogP contribution in [-0.2, 0) is 21.6 Å². The highest BCUT2D eigenvalue weighted by Crippen LogP contribution is 2.52. The van der Waals surface area contributed by atoms with Crippen molar-refractivity contribution in [2.24, 2.45) is 0 Å². The molecule has 3 aromatic carbocycles. The van der Waals surface area contributed by atoms with E-state index in [1.54, 1.807) is 17.0 Å². The van der Waals surface area contributed by atoms with Gasteiger partial charge in [-0.2, -0.15) is 0 Å². The summed E-state index contributed by atoms with van der Waals surface area (Å²) in [6.07, 6.45) is 0.444. The lowest BCUT2D eigenvalue weighted by molar-refractivity contribution is -0.126. The Morgan fingerprint density at radius 2 is 1.72 bits per heavy atom. The van der Waals surface area contributed by atoms with Crippen LogP contribution < -0.4 is 10.3 Å². The van der Waals surface area contributed by atoms with Crippen LogP contribution in [0.1, 0.15) is 47.5 Å². The van der Waals surface area contributed by atoms with E-state index in [-0.39, 0.29) is 41.5 Å². The lowest BCUT2D eigenvalue weighted by Gasteiger charge is -2.34. The topological polar surface area (TPSA) is 80.1 Å². The Balaban J connectivity index is 1.58. The van der Waals surface area contributed by atoms with Crippen molar-refractivity contribution in [3.05, 3.63) is 111 Å². The number of carbonyl (C=O) groups excluding carboxylic acids is 2. The molecule has 2 aliphatic heterocycles. The zero-order valence-electron chi connectivity index (χ0n) is 21.6. The molecule has 0 radical (unpaired) electrons. The first kappa shape index (κ1) is 25.0. The van der Waals surface area contributed by atoms with E-state index in [1.165, 1.54) is 17.0 Å². The quantitative estimate of drug-likeness (QED) is 0.317. The summed E-state index contributed by atoms with van der Waals surface area (Å²) in [6, 6.07) is 20.3. The molecule has 6 rings (SSSR count). The van der Waals surface area contributed by atoms with Crippen molar-refractivity contribution in [3.63, 3.8) is 0 Å². The van der Waals surface area contributed by atoms with Gasteiger partial charge in [-0.15, -0.1) is 0 Å². The predicted octanol–water partition coefficient (Wildman–Crippen LogP) is 4.99. The Hall–Kier alpha value is -4.30. The minimum absolute atomic E-state index is 0.00378. The molecular weight excluding hydrogens is 499 g/mol. The maximum atomic E-state index is 14.7. The van der Waals surface area contributed by atoms with Crippen LogP contribution >= 0.6 is 0 Å². The highest BCUT2D eigenvalue weighted by atomic mass is 19.1. The first-order valence-corrected chi connectivity index (χ1v) is 13.0. The third kappa shape index (κ3) is 3.78. The smallest absolute Gasteiger partial charge is 0.291 e. The van der Waals surface area contributed by atoms with Crippen molar-refractivity contribution in [1.82, 2.24) is 4.90 Å². The molecular formula is C31H27FN2O5. The average molecular weight is 527 g/mol. The first-order valence-electron chi connectivity index (χ1n) is 13.0. The molecule has 0 saturated carbocycles. The molecule has 198 valence electrons. The molecule has 1 aromatic heterocycles. The Labute approximate surface area is 224 Å². The third-order valence-electron chi connectivity index (χ3n) is 7.36. The molecule has 3 heterocycles.